The van der Waals surface area contributed by atoms with Crippen molar-refractivity contribution in [3.63, 3.8) is 0 Å². The lowest BCUT2D eigenvalue weighted by atomic mass is 9.90. The third kappa shape index (κ3) is 3.11. The minimum atomic E-state index is -0.489. The Hall–Kier alpha value is -2.30. The zero-order valence-corrected chi connectivity index (χ0v) is 16.0. The van der Waals surface area contributed by atoms with E-state index in [9.17, 15) is 14.7 Å². The minimum absolute atomic E-state index is 0.0839. The van der Waals surface area contributed by atoms with Crippen LogP contribution in [0.1, 0.15) is 51.1 Å². The Morgan fingerprint density at radius 1 is 1.15 bits per heavy atom. The Morgan fingerprint density at radius 3 is 2.23 bits per heavy atom. The van der Waals surface area contributed by atoms with Gasteiger partial charge in [-0.2, -0.15) is 0 Å². The number of Topliss-reactive ketones (excluding diaryl/α,β-unsaturated/α-hetero) is 1. The van der Waals surface area contributed by atoms with E-state index in [1.807, 2.05) is 43.3 Å². The van der Waals surface area contributed by atoms with Gasteiger partial charge in [-0.15, -0.1) is 0 Å². The van der Waals surface area contributed by atoms with Crippen LogP contribution in [-0.4, -0.2) is 41.8 Å². The van der Waals surface area contributed by atoms with Crippen molar-refractivity contribution in [2.75, 3.05) is 19.0 Å². The number of rotatable bonds is 5. The Morgan fingerprint density at radius 2 is 1.73 bits per heavy atom. The molecule has 1 amide bonds. The zero-order chi connectivity index (χ0) is 19.0. The number of hydrogen-bond acceptors (Lipinski definition) is 4. The van der Waals surface area contributed by atoms with Gasteiger partial charge in [-0.1, -0.05) is 38.8 Å². The van der Waals surface area contributed by atoms with Crippen molar-refractivity contribution in [2.24, 2.45) is 5.92 Å². The van der Waals surface area contributed by atoms with Gasteiger partial charge in [0.15, 0.2) is 11.5 Å². The summed E-state index contributed by atoms with van der Waals surface area (Å²) in [7, 11) is 3.94. The highest BCUT2D eigenvalue weighted by atomic mass is 16.3. The predicted octanol–water partition coefficient (Wildman–Crippen LogP) is 3.62. The zero-order valence-electron chi connectivity index (χ0n) is 16.0. The fraction of sp³-hybridized carbons (Fsp3) is 0.524. The smallest absolute Gasteiger partial charge is 0.290 e. The Balaban J connectivity index is 2.06. The molecular weight excluding hydrogens is 328 g/mol. The summed E-state index contributed by atoms with van der Waals surface area (Å²) < 4.78 is 0. The van der Waals surface area contributed by atoms with E-state index in [1.54, 1.807) is 18.7 Å². The molecule has 1 aromatic rings. The molecule has 1 heterocycles. The van der Waals surface area contributed by atoms with Crippen LogP contribution < -0.4 is 4.90 Å². The average molecular weight is 356 g/mol. The highest BCUT2D eigenvalue weighted by Gasteiger charge is 2.47. The third-order valence-electron chi connectivity index (χ3n) is 5.48. The van der Waals surface area contributed by atoms with E-state index in [0.29, 0.717) is 0 Å². The van der Waals surface area contributed by atoms with Crippen LogP contribution in [0.4, 0.5) is 5.69 Å². The van der Waals surface area contributed by atoms with E-state index < -0.39 is 11.9 Å². The number of aliphatic hydroxyl groups excluding tert-OH is 1. The summed E-state index contributed by atoms with van der Waals surface area (Å²) in [5.74, 6) is -1.19. The first-order chi connectivity index (χ1) is 12.3. The van der Waals surface area contributed by atoms with Gasteiger partial charge in [0.2, 0.25) is 0 Å². The third-order valence-corrected chi connectivity index (χ3v) is 5.48. The van der Waals surface area contributed by atoms with Gasteiger partial charge in [0.1, 0.15) is 0 Å². The second kappa shape index (κ2) is 7.14. The number of amides is 1. The molecule has 2 aliphatic rings. The Bertz CT molecular complexity index is 728. The summed E-state index contributed by atoms with van der Waals surface area (Å²) in [6, 6.07) is 7.49. The maximum absolute atomic E-state index is 12.8. The molecule has 5 nitrogen and oxygen atoms in total. The van der Waals surface area contributed by atoms with Crippen LogP contribution in [0.25, 0.3) is 0 Å². The van der Waals surface area contributed by atoms with Crippen LogP contribution in [0.3, 0.4) is 0 Å². The van der Waals surface area contributed by atoms with Gasteiger partial charge in [0.25, 0.3) is 5.91 Å². The standard InChI is InChI=1S/C21H28N2O3/c1-13(2)19(24)17-18(14-9-11-15(12-10-14)22(3)4)23(21(26)20(17)25)16-7-5-6-8-16/h9-13,16,18,25H,5-8H2,1-4H3. The summed E-state index contributed by atoms with van der Waals surface area (Å²) in [6.45, 7) is 3.61. The second-order valence-corrected chi connectivity index (χ2v) is 7.82. The van der Waals surface area contributed by atoms with E-state index in [-0.39, 0.29) is 29.1 Å². The molecule has 1 saturated carbocycles. The maximum atomic E-state index is 12.8. The van der Waals surface area contributed by atoms with E-state index >= 15 is 0 Å². The molecule has 0 radical (unpaired) electrons. The van der Waals surface area contributed by atoms with Crippen LogP contribution >= 0.6 is 0 Å². The first-order valence-electron chi connectivity index (χ1n) is 9.40. The van der Waals surface area contributed by atoms with Crippen LogP contribution in [0.5, 0.6) is 0 Å². The molecular formula is C21H28N2O3. The van der Waals surface area contributed by atoms with E-state index in [2.05, 4.69) is 0 Å². The molecule has 5 heteroatoms. The number of benzene rings is 1. The van der Waals surface area contributed by atoms with Crippen LogP contribution in [0.2, 0.25) is 0 Å². The molecule has 1 atom stereocenters. The maximum Gasteiger partial charge on any atom is 0.290 e. The van der Waals surface area contributed by atoms with E-state index in [0.717, 1.165) is 36.9 Å². The lowest BCUT2D eigenvalue weighted by molar-refractivity contribution is -0.131. The molecule has 1 aliphatic heterocycles. The first-order valence-corrected chi connectivity index (χ1v) is 9.40. The second-order valence-electron chi connectivity index (χ2n) is 7.82. The Kier molecular flexibility index (Phi) is 5.08. The van der Waals surface area contributed by atoms with Crippen molar-refractivity contribution >= 4 is 17.4 Å². The minimum Gasteiger partial charge on any atom is -0.503 e. The van der Waals surface area contributed by atoms with Crippen molar-refractivity contribution in [1.82, 2.24) is 4.90 Å². The number of aliphatic hydroxyl groups is 1. The monoisotopic (exact) mass is 356 g/mol. The van der Waals surface area contributed by atoms with Crippen molar-refractivity contribution in [3.8, 4) is 0 Å². The van der Waals surface area contributed by atoms with Crippen LogP contribution in [-0.2, 0) is 9.59 Å². The number of carbonyl (C=O) groups is 2. The SMILES string of the molecule is CC(C)C(=O)C1=C(O)C(=O)N(C2CCCC2)C1c1ccc(N(C)C)cc1. The number of carbonyl (C=O) groups excluding carboxylic acids is 2. The predicted molar refractivity (Wildman–Crippen MR) is 102 cm³/mol. The number of anilines is 1. The van der Waals surface area contributed by atoms with E-state index in [4.69, 9.17) is 0 Å². The van der Waals surface area contributed by atoms with Gasteiger partial charge in [-0.25, -0.2) is 0 Å². The fourth-order valence-corrected chi connectivity index (χ4v) is 4.03. The quantitative estimate of drug-likeness (QED) is 0.875. The highest BCUT2D eigenvalue weighted by molar-refractivity contribution is 6.09. The average Bonchev–Trinajstić information content (AvgIpc) is 3.22. The molecule has 0 aromatic heterocycles. The molecule has 140 valence electrons. The number of hydrogen-bond donors (Lipinski definition) is 1. The van der Waals surface area contributed by atoms with Crippen LogP contribution in [0.15, 0.2) is 35.6 Å². The van der Waals surface area contributed by atoms with Gasteiger partial charge in [-0.3, -0.25) is 9.59 Å². The molecule has 3 rings (SSSR count). The molecule has 1 fully saturated rings. The van der Waals surface area contributed by atoms with Gasteiger partial charge in [0, 0.05) is 31.7 Å². The van der Waals surface area contributed by atoms with Crippen molar-refractivity contribution in [1.29, 1.82) is 0 Å². The molecule has 1 unspecified atom stereocenters. The van der Waals surface area contributed by atoms with E-state index in [1.165, 1.54) is 0 Å². The fourth-order valence-electron chi connectivity index (χ4n) is 4.03. The largest absolute Gasteiger partial charge is 0.503 e. The Labute approximate surface area is 155 Å². The lowest BCUT2D eigenvalue weighted by Gasteiger charge is -2.32. The van der Waals surface area contributed by atoms with Gasteiger partial charge >= 0.3 is 0 Å². The summed E-state index contributed by atoms with van der Waals surface area (Å²) in [5.41, 5.74) is 2.19. The van der Waals surface area contributed by atoms with Gasteiger partial charge < -0.3 is 14.9 Å². The van der Waals surface area contributed by atoms with Gasteiger partial charge in [-0.05, 0) is 30.5 Å². The lowest BCUT2D eigenvalue weighted by Crippen LogP contribution is -2.38. The van der Waals surface area contributed by atoms with Crippen molar-refractivity contribution < 1.29 is 14.7 Å². The normalized spacial score (nSPS) is 21.2. The number of nitrogens with zero attached hydrogens (tertiary/aromatic N) is 2. The molecule has 0 saturated heterocycles. The highest BCUT2D eigenvalue weighted by Crippen LogP contribution is 2.43. The first kappa shape index (κ1) is 18.5. The van der Waals surface area contributed by atoms with Crippen LogP contribution in [0, 0.1) is 5.92 Å². The summed E-state index contributed by atoms with van der Waals surface area (Å²) in [5, 5.41) is 10.5. The summed E-state index contributed by atoms with van der Waals surface area (Å²) in [6.07, 6.45) is 4.01. The molecule has 26 heavy (non-hydrogen) atoms. The summed E-state index contributed by atoms with van der Waals surface area (Å²) in [4.78, 5) is 29.4. The van der Waals surface area contributed by atoms with Crippen molar-refractivity contribution in [3.05, 3.63) is 41.2 Å². The number of ketones is 1. The molecule has 1 N–H and O–H groups in total. The van der Waals surface area contributed by atoms with Gasteiger partial charge in [0.05, 0.1) is 11.6 Å². The van der Waals surface area contributed by atoms with Crippen molar-refractivity contribution in [2.45, 2.75) is 51.6 Å². The molecule has 1 aliphatic carbocycles. The topological polar surface area (TPSA) is 60.9 Å². The molecule has 0 spiro atoms. The molecule has 1 aromatic carbocycles. The molecule has 0 bridgehead atoms. The summed E-state index contributed by atoms with van der Waals surface area (Å²) >= 11 is 0.